The third kappa shape index (κ3) is 3.02. The summed E-state index contributed by atoms with van der Waals surface area (Å²) in [6.07, 6.45) is 5.39. The zero-order valence-corrected chi connectivity index (χ0v) is 12.9. The Bertz CT molecular complexity index is 460. The predicted octanol–water partition coefficient (Wildman–Crippen LogP) is 0.176. The quantitative estimate of drug-likeness (QED) is 0.854. The first-order chi connectivity index (χ1) is 9.44. The van der Waals surface area contributed by atoms with Crippen LogP contribution in [0.15, 0.2) is 12.5 Å². The highest BCUT2D eigenvalue weighted by molar-refractivity contribution is 5.92. The monoisotopic (exact) mass is 279 g/mol. The minimum atomic E-state index is -0.0508. The summed E-state index contributed by atoms with van der Waals surface area (Å²) in [6, 6.07) is 0. The molecule has 6 heteroatoms. The first-order valence-corrected chi connectivity index (χ1v) is 7.05. The summed E-state index contributed by atoms with van der Waals surface area (Å²) in [5.74, 6) is -0.0508. The van der Waals surface area contributed by atoms with Crippen molar-refractivity contribution in [3.8, 4) is 0 Å². The summed E-state index contributed by atoms with van der Waals surface area (Å²) in [4.78, 5) is 20.8. The van der Waals surface area contributed by atoms with Gasteiger partial charge in [-0.2, -0.15) is 0 Å². The van der Waals surface area contributed by atoms with E-state index in [-0.39, 0.29) is 11.4 Å². The van der Waals surface area contributed by atoms with Crippen LogP contribution in [-0.2, 0) is 7.05 Å². The summed E-state index contributed by atoms with van der Waals surface area (Å²) in [6.45, 7) is 2.82. The Balaban J connectivity index is 2.00. The molecule has 0 aliphatic carbocycles. The smallest absolute Gasteiger partial charge is 0.269 e. The van der Waals surface area contributed by atoms with Crippen LogP contribution in [0.2, 0.25) is 0 Å². The number of imidazole rings is 1. The fraction of sp³-hybridized carbons (Fsp3) is 0.714. The maximum atomic E-state index is 12.2. The van der Waals surface area contributed by atoms with Crippen LogP contribution < -0.4 is 5.32 Å². The van der Waals surface area contributed by atoms with Crippen molar-refractivity contribution in [2.24, 2.45) is 7.05 Å². The Morgan fingerprint density at radius 2 is 2.05 bits per heavy atom. The summed E-state index contributed by atoms with van der Waals surface area (Å²) in [5, 5.41) is 3.07. The van der Waals surface area contributed by atoms with E-state index in [1.54, 1.807) is 17.1 Å². The molecular formula is C14H25N5O. The predicted molar refractivity (Wildman–Crippen MR) is 78.7 cm³/mol. The highest BCUT2D eigenvalue weighted by Crippen LogP contribution is 2.25. The number of aryl methyl sites for hydroxylation is 1. The summed E-state index contributed by atoms with van der Waals surface area (Å²) >= 11 is 0. The minimum absolute atomic E-state index is 0.0508. The Kier molecular flexibility index (Phi) is 4.45. The first kappa shape index (κ1) is 15.0. The Hall–Kier alpha value is -1.40. The lowest BCUT2D eigenvalue weighted by molar-refractivity contribution is 0.0609. The van der Waals surface area contributed by atoms with Crippen molar-refractivity contribution >= 4 is 5.91 Å². The van der Waals surface area contributed by atoms with Crippen molar-refractivity contribution in [1.29, 1.82) is 0 Å². The molecule has 1 aromatic rings. The molecule has 0 spiro atoms. The number of rotatable bonds is 4. The molecule has 1 N–H and O–H groups in total. The van der Waals surface area contributed by atoms with Gasteiger partial charge in [0.05, 0.1) is 12.5 Å². The van der Waals surface area contributed by atoms with Crippen LogP contribution in [-0.4, -0.2) is 71.6 Å². The second-order valence-corrected chi connectivity index (χ2v) is 5.99. The topological polar surface area (TPSA) is 53.4 Å². The van der Waals surface area contributed by atoms with Crippen molar-refractivity contribution in [2.45, 2.75) is 18.4 Å². The standard InChI is InChI=1S/C14H25N5O/c1-17(2)14(5-7-18(3)8-6-14)10-16-13(20)12-9-15-11-19(12)4/h9,11H,5-8,10H2,1-4H3,(H,16,20). The Morgan fingerprint density at radius 1 is 1.40 bits per heavy atom. The maximum absolute atomic E-state index is 12.2. The third-order valence-electron chi connectivity index (χ3n) is 4.49. The van der Waals surface area contributed by atoms with Gasteiger partial charge in [0.1, 0.15) is 5.69 Å². The molecular weight excluding hydrogens is 254 g/mol. The van der Waals surface area contributed by atoms with Crippen molar-refractivity contribution in [3.63, 3.8) is 0 Å². The minimum Gasteiger partial charge on any atom is -0.349 e. The van der Waals surface area contributed by atoms with Crippen molar-refractivity contribution in [3.05, 3.63) is 18.2 Å². The van der Waals surface area contributed by atoms with Crippen LogP contribution in [0.5, 0.6) is 0 Å². The molecule has 112 valence electrons. The maximum Gasteiger partial charge on any atom is 0.269 e. The van der Waals surface area contributed by atoms with Gasteiger partial charge in [0.15, 0.2) is 0 Å². The molecule has 1 amide bonds. The molecule has 0 radical (unpaired) electrons. The lowest BCUT2D eigenvalue weighted by atomic mass is 9.86. The van der Waals surface area contributed by atoms with Crippen molar-refractivity contribution in [1.82, 2.24) is 24.7 Å². The van der Waals surface area contributed by atoms with Gasteiger partial charge in [0, 0.05) is 19.1 Å². The number of hydrogen-bond acceptors (Lipinski definition) is 4. The first-order valence-electron chi connectivity index (χ1n) is 7.05. The van der Waals surface area contributed by atoms with Crippen LogP contribution in [0.4, 0.5) is 0 Å². The molecule has 0 aromatic carbocycles. The van der Waals surface area contributed by atoms with Gasteiger partial charge in [-0.15, -0.1) is 0 Å². The van der Waals surface area contributed by atoms with E-state index in [1.165, 1.54) is 0 Å². The number of hydrogen-bond donors (Lipinski definition) is 1. The average molecular weight is 279 g/mol. The largest absolute Gasteiger partial charge is 0.349 e. The lowest BCUT2D eigenvalue weighted by Gasteiger charge is -2.45. The van der Waals surface area contributed by atoms with Gasteiger partial charge in [-0.25, -0.2) is 4.98 Å². The molecule has 1 fully saturated rings. The van der Waals surface area contributed by atoms with Crippen LogP contribution >= 0.6 is 0 Å². The number of piperidine rings is 1. The van der Waals surface area contributed by atoms with E-state index in [0.717, 1.165) is 25.9 Å². The van der Waals surface area contributed by atoms with Crippen LogP contribution in [0.1, 0.15) is 23.3 Å². The molecule has 0 unspecified atom stereocenters. The lowest BCUT2D eigenvalue weighted by Crippen LogP contribution is -2.58. The molecule has 1 aromatic heterocycles. The third-order valence-corrected chi connectivity index (χ3v) is 4.49. The van der Waals surface area contributed by atoms with Crippen LogP contribution in [0, 0.1) is 0 Å². The van der Waals surface area contributed by atoms with Gasteiger partial charge in [0.2, 0.25) is 0 Å². The van der Waals surface area contributed by atoms with E-state index >= 15 is 0 Å². The number of amides is 1. The summed E-state index contributed by atoms with van der Waals surface area (Å²) in [5.41, 5.74) is 0.660. The Morgan fingerprint density at radius 3 is 2.55 bits per heavy atom. The molecule has 1 aliphatic rings. The number of nitrogens with one attached hydrogen (secondary N) is 1. The molecule has 2 rings (SSSR count). The average Bonchev–Trinajstić information content (AvgIpc) is 2.84. The van der Waals surface area contributed by atoms with Gasteiger partial charge in [0.25, 0.3) is 5.91 Å². The van der Waals surface area contributed by atoms with Crippen molar-refractivity contribution < 1.29 is 4.79 Å². The molecule has 6 nitrogen and oxygen atoms in total. The highest BCUT2D eigenvalue weighted by Gasteiger charge is 2.36. The number of aromatic nitrogens is 2. The Labute approximate surface area is 120 Å². The van der Waals surface area contributed by atoms with E-state index in [0.29, 0.717) is 12.2 Å². The molecule has 1 saturated heterocycles. The van der Waals surface area contributed by atoms with Gasteiger partial charge in [-0.1, -0.05) is 0 Å². The van der Waals surface area contributed by atoms with Gasteiger partial charge >= 0.3 is 0 Å². The number of carbonyl (C=O) groups is 1. The fourth-order valence-corrected chi connectivity index (χ4v) is 2.73. The zero-order chi connectivity index (χ0) is 14.8. The summed E-state index contributed by atoms with van der Waals surface area (Å²) in [7, 11) is 8.18. The van der Waals surface area contributed by atoms with Crippen LogP contribution in [0.3, 0.4) is 0 Å². The van der Waals surface area contributed by atoms with Gasteiger partial charge in [-0.05, 0) is 47.1 Å². The van der Waals surface area contributed by atoms with E-state index < -0.39 is 0 Å². The molecule has 2 heterocycles. The van der Waals surface area contributed by atoms with Crippen molar-refractivity contribution in [2.75, 3.05) is 40.8 Å². The number of nitrogens with zero attached hydrogens (tertiary/aromatic N) is 4. The van der Waals surface area contributed by atoms with Gasteiger partial charge in [-0.3, -0.25) is 4.79 Å². The van der Waals surface area contributed by atoms with E-state index in [9.17, 15) is 4.79 Å². The van der Waals surface area contributed by atoms with Crippen LogP contribution in [0.25, 0.3) is 0 Å². The number of likely N-dealkylation sites (tertiary alicyclic amines) is 1. The SMILES string of the molecule is CN1CCC(CNC(=O)c2cncn2C)(N(C)C)CC1. The highest BCUT2D eigenvalue weighted by atomic mass is 16.2. The molecule has 0 saturated carbocycles. The molecule has 0 atom stereocenters. The van der Waals surface area contributed by atoms with E-state index in [2.05, 4.69) is 41.2 Å². The zero-order valence-electron chi connectivity index (χ0n) is 12.9. The molecule has 1 aliphatic heterocycles. The molecule has 0 bridgehead atoms. The second-order valence-electron chi connectivity index (χ2n) is 5.99. The number of carbonyl (C=O) groups excluding carboxylic acids is 1. The normalized spacial score (nSPS) is 19.2. The summed E-state index contributed by atoms with van der Waals surface area (Å²) < 4.78 is 1.74. The molecule has 20 heavy (non-hydrogen) atoms. The second kappa shape index (κ2) is 5.93. The fourth-order valence-electron chi connectivity index (χ4n) is 2.73. The van der Waals surface area contributed by atoms with E-state index in [1.807, 2.05) is 7.05 Å². The van der Waals surface area contributed by atoms with Gasteiger partial charge < -0.3 is 19.7 Å². The number of likely N-dealkylation sites (N-methyl/N-ethyl adjacent to an activating group) is 1. The van der Waals surface area contributed by atoms with E-state index in [4.69, 9.17) is 0 Å².